The molecule has 9 nitrogen and oxygen atoms in total. The first-order valence-corrected chi connectivity index (χ1v) is 12.8. The third-order valence-electron chi connectivity index (χ3n) is 7.49. The number of carbonyl (C=O) groups excluding carboxylic acids is 2. The molecule has 2 aromatic carbocycles. The van der Waals surface area contributed by atoms with E-state index >= 15 is 0 Å². The second kappa shape index (κ2) is 8.65. The van der Waals surface area contributed by atoms with Gasteiger partial charge in [0.1, 0.15) is 17.7 Å². The van der Waals surface area contributed by atoms with Crippen LogP contribution in [0.4, 0.5) is 4.79 Å². The fourth-order valence-corrected chi connectivity index (χ4v) is 5.79. The molecule has 4 heterocycles. The van der Waals surface area contributed by atoms with Crippen LogP contribution in [0.2, 0.25) is 0 Å². The number of ether oxygens (including phenoxy) is 1. The van der Waals surface area contributed by atoms with E-state index in [0.717, 1.165) is 44.3 Å². The molecule has 0 fully saturated rings. The highest BCUT2D eigenvalue weighted by atomic mass is 16.6. The van der Waals surface area contributed by atoms with Crippen LogP contribution in [0.15, 0.2) is 48.5 Å². The zero-order valence-electron chi connectivity index (χ0n) is 21.6. The minimum absolute atomic E-state index is 0.124. The van der Waals surface area contributed by atoms with E-state index < -0.39 is 35.7 Å². The lowest BCUT2D eigenvalue weighted by atomic mass is 9.92. The minimum Gasteiger partial charge on any atom is -0.480 e. The quantitative estimate of drug-likeness (QED) is 0.368. The van der Waals surface area contributed by atoms with Crippen molar-refractivity contribution in [1.82, 2.24) is 19.8 Å². The van der Waals surface area contributed by atoms with Crippen LogP contribution in [0, 0.1) is 0 Å². The van der Waals surface area contributed by atoms with Gasteiger partial charge in [0, 0.05) is 46.0 Å². The molecule has 2 aliphatic heterocycles. The predicted octanol–water partition coefficient (Wildman–Crippen LogP) is 4.35. The van der Waals surface area contributed by atoms with Gasteiger partial charge in [0.2, 0.25) is 5.91 Å². The average molecular weight is 515 g/mol. The van der Waals surface area contributed by atoms with Crippen LogP contribution in [0.5, 0.6) is 0 Å². The third-order valence-corrected chi connectivity index (χ3v) is 7.49. The smallest absolute Gasteiger partial charge is 0.411 e. The Kier molecular flexibility index (Phi) is 5.48. The van der Waals surface area contributed by atoms with Gasteiger partial charge in [-0.15, -0.1) is 0 Å². The fraction of sp³-hybridized carbons (Fsp3) is 0.345. The first-order valence-electron chi connectivity index (χ1n) is 12.8. The molecule has 0 bridgehead atoms. The first-order chi connectivity index (χ1) is 18.1. The number of nitrogens with one attached hydrogen (secondary N) is 2. The van der Waals surface area contributed by atoms with E-state index in [9.17, 15) is 19.5 Å². The van der Waals surface area contributed by atoms with E-state index in [0.29, 0.717) is 0 Å². The number of rotatable bonds is 2. The molecule has 3 N–H and O–H groups in total. The number of hydrogen-bond donors (Lipinski definition) is 3. The maximum Gasteiger partial charge on any atom is 0.411 e. The summed E-state index contributed by atoms with van der Waals surface area (Å²) < 4.78 is 5.68. The van der Waals surface area contributed by atoms with E-state index in [1.54, 1.807) is 20.8 Å². The van der Waals surface area contributed by atoms with Gasteiger partial charge in [-0.05, 0) is 44.0 Å². The van der Waals surface area contributed by atoms with Gasteiger partial charge in [-0.25, -0.2) is 9.59 Å². The molecule has 2 amide bonds. The average Bonchev–Trinajstić information content (AvgIpc) is 3.43. The highest BCUT2D eigenvalue weighted by Gasteiger charge is 2.44. The van der Waals surface area contributed by atoms with Crippen molar-refractivity contribution in [2.75, 3.05) is 0 Å². The molecule has 2 unspecified atom stereocenters. The van der Waals surface area contributed by atoms with Crippen molar-refractivity contribution in [3.8, 4) is 0 Å². The summed E-state index contributed by atoms with van der Waals surface area (Å²) in [7, 11) is 0. The third kappa shape index (κ3) is 3.98. The monoisotopic (exact) mass is 514 g/mol. The van der Waals surface area contributed by atoms with Crippen LogP contribution < -0.4 is 0 Å². The van der Waals surface area contributed by atoms with Gasteiger partial charge in [-0.1, -0.05) is 36.4 Å². The van der Waals surface area contributed by atoms with Crippen molar-refractivity contribution in [3.63, 3.8) is 0 Å². The van der Waals surface area contributed by atoms with Crippen LogP contribution in [-0.4, -0.2) is 60.5 Å². The zero-order valence-corrected chi connectivity index (χ0v) is 21.6. The predicted molar refractivity (Wildman–Crippen MR) is 142 cm³/mol. The largest absolute Gasteiger partial charge is 0.480 e. The second-order valence-corrected chi connectivity index (χ2v) is 11.1. The number of H-pyrrole nitrogens is 2. The Bertz CT molecular complexity index is 1590. The molecule has 0 spiro atoms. The van der Waals surface area contributed by atoms with E-state index in [4.69, 9.17) is 4.74 Å². The number of aliphatic carboxylic acids is 1. The number of aromatic nitrogens is 2. The Morgan fingerprint density at radius 2 is 1.32 bits per heavy atom. The topological polar surface area (TPSA) is 119 Å². The molecule has 2 aromatic heterocycles. The summed E-state index contributed by atoms with van der Waals surface area (Å²) in [6, 6.07) is 13.6. The van der Waals surface area contributed by atoms with Gasteiger partial charge in [0.15, 0.2) is 0 Å². The summed E-state index contributed by atoms with van der Waals surface area (Å²) in [6.45, 7) is 5.63. The fourth-order valence-electron chi connectivity index (χ4n) is 5.79. The standard InChI is InChI=1S/C29H30N4O5/c1-29(2,3)38-28(37)33-15-23-18(16-8-4-6-10-20(16)31-23)12-24(33)26(34)32-14-22-19(13-25(32)27(35)36)17-9-5-7-11-21(17)30-22/h4-11,24-25,30-31H,12-15H2,1-3H3,(H,35,36). The molecule has 0 radical (unpaired) electrons. The Morgan fingerprint density at radius 3 is 1.84 bits per heavy atom. The van der Waals surface area contributed by atoms with Crippen LogP contribution in [-0.2, 0) is 40.3 Å². The van der Waals surface area contributed by atoms with Crippen molar-refractivity contribution in [2.24, 2.45) is 0 Å². The SMILES string of the molecule is CC(C)(C)OC(=O)N1Cc2[nH]c3ccccc3c2CC1C(=O)N1Cc2[nH]c3ccccc3c2CC1C(=O)O. The number of fused-ring (bicyclic) bond motifs is 6. The van der Waals surface area contributed by atoms with E-state index in [-0.39, 0.29) is 25.9 Å². The van der Waals surface area contributed by atoms with Gasteiger partial charge < -0.3 is 24.7 Å². The Morgan fingerprint density at radius 1 is 0.816 bits per heavy atom. The Hall–Kier alpha value is -4.27. The van der Waals surface area contributed by atoms with Crippen LogP contribution in [0.1, 0.15) is 43.3 Å². The molecule has 2 aliphatic rings. The summed E-state index contributed by atoms with van der Waals surface area (Å²) in [5, 5.41) is 12.1. The highest BCUT2D eigenvalue weighted by Crippen LogP contribution is 2.35. The Labute approximate surface area is 219 Å². The van der Waals surface area contributed by atoms with E-state index in [1.165, 1.54) is 9.80 Å². The lowest BCUT2D eigenvalue weighted by Gasteiger charge is -2.41. The number of carboxylic acid groups (broad SMARTS) is 1. The number of carbonyl (C=O) groups is 3. The van der Waals surface area contributed by atoms with Gasteiger partial charge in [0.25, 0.3) is 0 Å². The first kappa shape index (κ1) is 24.1. The number of aromatic amines is 2. The molecule has 38 heavy (non-hydrogen) atoms. The maximum absolute atomic E-state index is 14.2. The Balaban J connectivity index is 1.40. The molecule has 0 saturated carbocycles. The number of carboxylic acids is 1. The number of nitrogens with zero attached hydrogens (tertiary/aromatic N) is 2. The lowest BCUT2D eigenvalue weighted by Crippen LogP contribution is -2.58. The second-order valence-electron chi connectivity index (χ2n) is 11.1. The van der Waals surface area contributed by atoms with Crippen molar-refractivity contribution < 1.29 is 24.2 Å². The van der Waals surface area contributed by atoms with Crippen molar-refractivity contribution in [1.29, 1.82) is 0 Å². The molecule has 0 aliphatic carbocycles. The summed E-state index contributed by atoms with van der Waals surface area (Å²) in [5.74, 6) is -1.47. The summed E-state index contributed by atoms with van der Waals surface area (Å²) in [5.41, 5.74) is 4.65. The van der Waals surface area contributed by atoms with Gasteiger partial charge in [-0.3, -0.25) is 9.69 Å². The number of para-hydroxylation sites is 2. The molecule has 9 heteroatoms. The summed E-state index contributed by atoms with van der Waals surface area (Å²) in [6.07, 6.45) is -0.145. The number of benzene rings is 2. The molecular formula is C29H30N4O5. The van der Waals surface area contributed by atoms with Crippen LogP contribution >= 0.6 is 0 Å². The maximum atomic E-state index is 14.2. The summed E-state index contributed by atoms with van der Waals surface area (Å²) in [4.78, 5) is 49.6. The normalized spacial score (nSPS) is 19.3. The van der Waals surface area contributed by atoms with Gasteiger partial charge >= 0.3 is 12.1 Å². The lowest BCUT2D eigenvalue weighted by molar-refractivity contribution is -0.154. The number of amides is 2. The molecule has 2 atom stereocenters. The van der Waals surface area contributed by atoms with Crippen LogP contribution in [0.25, 0.3) is 21.8 Å². The van der Waals surface area contributed by atoms with E-state index in [1.807, 2.05) is 48.5 Å². The molecule has 4 aromatic rings. The van der Waals surface area contributed by atoms with Crippen LogP contribution in [0.3, 0.4) is 0 Å². The van der Waals surface area contributed by atoms with Crippen molar-refractivity contribution >= 4 is 39.8 Å². The van der Waals surface area contributed by atoms with E-state index in [2.05, 4.69) is 9.97 Å². The highest BCUT2D eigenvalue weighted by molar-refractivity contribution is 5.94. The molecule has 0 saturated heterocycles. The van der Waals surface area contributed by atoms with Gasteiger partial charge in [0.05, 0.1) is 13.1 Å². The minimum atomic E-state index is -1.07. The van der Waals surface area contributed by atoms with Crippen molar-refractivity contribution in [3.05, 3.63) is 71.0 Å². The molecular weight excluding hydrogens is 484 g/mol. The van der Waals surface area contributed by atoms with Crippen molar-refractivity contribution in [2.45, 2.75) is 64.4 Å². The number of hydrogen-bond acceptors (Lipinski definition) is 4. The molecule has 196 valence electrons. The van der Waals surface area contributed by atoms with Gasteiger partial charge in [-0.2, -0.15) is 0 Å². The zero-order chi connectivity index (χ0) is 26.8. The summed E-state index contributed by atoms with van der Waals surface area (Å²) >= 11 is 0. The molecule has 6 rings (SSSR count).